The fraction of sp³-hybridized carbons (Fsp3) is 0.250. The minimum Gasteiger partial charge on any atom is -0.469 e. The maximum Gasteiger partial charge on any atom is 0.341 e. The second kappa shape index (κ2) is 10.7. The Morgan fingerprint density at radius 1 is 1.20 bits per heavy atom. The van der Waals surface area contributed by atoms with E-state index in [-0.39, 0.29) is 17.7 Å². The molecular weight excluding hydrogens is 508 g/mol. The van der Waals surface area contributed by atoms with E-state index in [1.54, 1.807) is 18.4 Å². The van der Waals surface area contributed by atoms with Crippen molar-refractivity contribution < 1.29 is 18.7 Å². The van der Waals surface area contributed by atoms with Crippen molar-refractivity contribution >= 4 is 51.6 Å². The number of carbonyl (C=O) groups is 2. The van der Waals surface area contributed by atoms with E-state index in [1.165, 1.54) is 30.2 Å². The molecule has 0 fully saturated rings. The lowest BCUT2D eigenvalue weighted by molar-refractivity contribution is -0.113. The predicted octanol–water partition coefficient (Wildman–Crippen LogP) is 6.33. The quantitative estimate of drug-likeness (QED) is 0.210. The van der Waals surface area contributed by atoms with E-state index in [0.29, 0.717) is 32.1 Å². The van der Waals surface area contributed by atoms with Gasteiger partial charge in [-0.3, -0.25) is 9.36 Å². The summed E-state index contributed by atoms with van der Waals surface area (Å²) < 4.78 is 12.4. The summed E-state index contributed by atoms with van der Waals surface area (Å²) in [6.07, 6.45) is 1.61. The van der Waals surface area contributed by atoms with E-state index in [2.05, 4.69) is 15.5 Å². The first-order valence-electron chi connectivity index (χ1n) is 10.7. The smallest absolute Gasteiger partial charge is 0.341 e. The average Bonchev–Trinajstić information content (AvgIpc) is 3.55. The summed E-state index contributed by atoms with van der Waals surface area (Å²) in [5, 5.41) is 14.9. The van der Waals surface area contributed by atoms with Crippen molar-refractivity contribution in [2.75, 3.05) is 18.2 Å². The molecule has 8 nitrogen and oxygen atoms in total. The molecule has 4 rings (SSSR count). The predicted molar refractivity (Wildman–Crippen MR) is 138 cm³/mol. The first kappa shape index (κ1) is 25.0. The number of benzene rings is 1. The highest BCUT2D eigenvalue weighted by Gasteiger charge is 2.24. The molecule has 3 aromatic heterocycles. The molecule has 0 unspecified atom stereocenters. The van der Waals surface area contributed by atoms with Crippen molar-refractivity contribution in [2.24, 2.45) is 0 Å². The standard InChI is InChI=1S/C24H23ClN4O4S2/c1-13(2)29-21(17-9-10-33-14(17)3)27-28-24(29)35-12-19(30)26-22-20(23(31)32-4)18(11-34-22)15-5-7-16(25)8-6-15/h5-11,13H,12H2,1-4H3,(H,26,30). The lowest BCUT2D eigenvalue weighted by Crippen LogP contribution is -2.16. The largest absolute Gasteiger partial charge is 0.469 e. The number of amides is 1. The highest BCUT2D eigenvalue weighted by atomic mass is 35.5. The van der Waals surface area contributed by atoms with Crippen LogP contribution in [0.4, 0.5) is 5.00 Å². The van der Waals surface area contributed by atoms with Crippen LogP contribution in [0.3, 0.4) is 0 Å². The normalized spacial score (nSPS) is 11.1. The number of hydrogen-bond acceptors (Lipinski definition) is 8. The number of methoxy groups -OCH3 is 1. The third-order valence-corrected chi connectivity index (χ3v) is 7.29. The third kappa shape index (κ3) is 5.29. The van der Waals surface area contributed by atoms with Gasteiger partial charge in [0.15, 0.2) is 11.0 Å². The van der Waals surface area contributed by atoms with Crippen LogP contribution in [-0.2, 0) is 9.53 Å². The van der Waals surface area contributed by atoms with Gasteiger partial charge in [0.1, 0.15) is 16.3 Å². The van der Waals surface area contributed by atoms with Gasteiger partial charge in [-0.1, -0.05) is 35.5 Å². The molecule has 1 aromatic carbocycles. The van der Waals surface area contributed by atoms with Crippen LogP contribution in [0, 0.1) is 6.92 Å². The van der Waals surface area contributed by atoms with E-state index < -0.39 is 5.97 Å². The molecule has 0 aliphatic heterocycles. The van der Waals surface area contributed by atoms with Crippen molar-refractivity contribution in [3.05, 3.63) is 58.3 Å². The molecule has 1 N–H and O–H groups in total. The molecule has 3 heterocycles. The fourth-order valence-corrected chi connectivity index (χ4v) is 5.50. The monoisotopic (exact) mass is 530 g/mol. The molecular formula is C24H23ClN4O4S2. The Labute approximate surface area is 215 Å². The number of nitrogens with zero attached hydrogens (tertiary/aromatic N) is 3. The Kier molecular flexibility index (Phi) is 7.63. The Hall–Kier alpha value is -3.08. The van der Waals surface area contributed by atoms with Crippen molar-refractivity contribution in [1.29, 1.82) is 0 Å². The number of aryl methyl sites for hydroxylation is 1. The molecule has 0 saturated carbocycles. The Bertz CT molecular complexity index is 1360. The molecule has 11 heteroatoms. The first-order chi connectivity index (χ1) is 16.8. The number of aromatic nitrogens is 3. The lowest BCUT2D eigenvalue weighted by atomic mass is 10.0. The topological polar surface area (TPSA) is 99.2 Å². The molecule has 0 saturated heterocycles. The number of ether oxygens (including phenoxy) is 1. The Balaban J connectivity index is 1.53. The molecule has 0 aliphatic rings. The van der Waals surface area contributed by atoms with Crippen molar-refractivity contribution in [3.63, 3.8) is 0 Å². The van der Waals surface area contributed by atoms with Crippen molar-refractivity contribution in [1.82, 2.24) is 14.8 Å². The number of anilines is 1. The van der Waals surface area contributed by atoms with Gasteiger partial charge in [0, 0.05) is 22.0 Å². The maximum absolute atomic E-state index is 12.8. The minimum absolute atomic E-state index is 0.0741. The molecule has 0 radical (unpaired) electrons. The summed E-state index contributed by atoms with van der Waals surface area (Å²) in [6.45, 7) is 5.92. The molecule has 0 bridgehead atoms. The zero-order valence-electron chi connectivity index (χ0n) is 19.5. The van der Waals surface area contributed by atoms with E-state index in [1.807, 2.05) is 48.9 Å². The Morgan fingerprint density at radius 3 is 2.57 bits per heavy atom. The van der Waals surface area contributed by atoms with Crippen molar-refractivity contribution in [2.45, 2.75) is 32.0 Å². The molecule has 1 amide bonds. The van der Waals surface area contributed by atoms with Gasteiger partial charge in [-0.25, -0.2) is 4.79 Å². The highest BCUT2D eigenvalue weighted by Crippen LogP contribution is 2.37. The van der Waals surface area contributed by atoms with Crippen LogP contribution in [0.2, 0.25) is 5.02 Å². The van der Waals surface area contributed by atoms with Crippen LogP contribution in [0.1, 0.15) is 36.0 Å². The summed E-state index contributed by atoms with van der Waals surface area (Å²) in [7, 11) is 1.31. The molecule has 35 heavy (non-hydrogen) atoms. The van der Waals surface area contributed by atoms with Crippen LogP contribution in [0.15, 0.2) is 51.5 Å². The molecule has 182 valence electrons. The van der Waals surface area contributed by atoms with Crippen LogP contribution in [0.5, 0.6) is 0 Å². The zero-order chi connectivity index (χ0) is 25.1. The van der Waals surface area contributed by atoms with Gasteiger partial charge >= 0.3 is 5.97 Å². The van der Waals surface area contributed by atoms with Gasteiger partial charge in [0.05, 0.1) is 24.7 Å². The molecule has 4 aromatic rings. The number of esters is 1. The first-order valence-corrected chi connectivity index (χ1v) is 12.9. The van der Waals surface area contributed by atoms with Gasteiger partial charge < -0.3 is 14.5 Å². The molecule has 0 atom stereocenters. The summed E-state index contributed by atoms with van der Waals surface area (Å²) in [6, 6.07) is 9.05. The second-order valence-corrected chi connectivity index (χ2v) is 10.1. The van der Waals surface area contributed by atoms with Gasteiger partial charge in [0.25, 0.3) is 0 Å². The number of carbonyl (C=O) groups excluding carboxylic acids is 2. The molecule has 0 aliphatic carbocycles. The SMILES string of the molecule is COC(=O)c1c(-c2ccc(Cl)cc2)csc1NC(=O)CSc1nnc(-c2ccoc2C)n1C(C)C. The van der Waals surface area contributed by atoms with E-state index in [0.717, 1.165) is 16.9 Å². The fourth-order valence-electron chi connectivity index (χ4n) is 3.53. The summed E-state index contributed by atoms with van der Waals surface area (Å²) in [5.41, 5.74) is 2.63. The van der Waals surface area contributed by atoms with Gasteiger partial charge in [-0.2, -0.15) is 0 Å². The van der Waals surface area contributed by atoms with E-state index in [9.17, 15) is 9.59 Å². The van der Waals surface area contributed by atoms with E-state index in [4.69, 9.17) is 20.8 Å². The summed E-state index contributed by atoms with van der Waals surface area (Å²) in [5.74, 6) is 0.721. The summed E-state index contributed by atoms with van der Waals surface area (Å²) >= 11 is 8.53. The zero-order valence-corrected chi connectivity index (χ0v) is 21.9. The number of hydrogen-bond donors (Lipinski definition) is 1. The van der Waals surface area contributed by atoms with Crippen LogP contribution in [0.25, 0.3) is 22.5 Å². The average molecular weight is 531 g/mol. The second-order valence-electron chi connectivity index (χ2n) is 7.85. The number of rotatable bonds is 8. The lowest BCUT2D eigenvalue weighted by Gasteiger charge is -2.13. The van der Waals surface area contributed by atoms with Gasteiger partial charge in [-0.05, 0) is 44.5 Å². The third-order valence-electron chi connectivity index (χ3n) is 5.20. The summed E-state index contributed by atoms with van der Waals surface area (Å²) in [4.78, 5) is 25.4. The minimum atomic E-state index is -0.529. The number of thioether (sulfide) groups is 1. The number of nitrogens with one attached hydrogen (secondary N) is 1. The maximum atomic E-state index is 12.8. The van der Waals surface area contributed by atoms with Crippen LogP contribution >= 0.6 is 34.7 Å². The Morgan fingerprint density at radius 2 is 1.94 bits per heavy atom. The van der Waals surface area contributed by atoms with Crippen LogP contribution in [-0.4, -0.2) is 39.5 Å². The van der Waals surface area contributed by atoms with Crippen molar-refractivity contribution in [3.8, 4) is 22.5 Å². The van der Waals surface area contributed by atoms with E-state index >= 15 is 0 Å². The number of thiophene rings is 1. The number of halogens is 1. The highest BCUT2D eigenvalue weighted by molar-refractivity contribution is 7.99. The molecule has 0 spiro atoms. The number of furan rings is 1. The van der Waals surface area contributed by atoms with Gasteiger partial charge in [0.2, 0.25) is 5.91 Å². The van der Waals surface area contributed by atoms with Gasteiger partial charge in [-0.15, -0.1) is 21.5 Å². The van der Waals surface area contributed by atoms with Crippen LogP contribution < -0.4 is 5.32 Å².